The molecule has 2 aromatic carbocycles. The van der Waals surface area contributed by atoms with E-state index in [9.17, 15) is 23.4 Å². The third-order valence-corrected chi connectivity index (χ3v) is 5.12. The highest BCUT2D eigenvalue weighted by atomic mass is 79.9. The molecule has 0 spiro atoms. The van der Waals surface area contributed by atoms with Gasteiger partial charge in [0.15, 0.2) is 0 Å². The lowest BCUT2D eigenvalue weighted by atomic mass is 9.72. The number of rotatable bonds is 2. The van der Waals surface area contributed by atoms with Crippen LogP contribution in [0.25, 0.3) is 0 Å². The molecular weight excluding hydrogens is 451 g/mol. The summed E-state index contributed by atoms with van der Waals surface area (Å²) < 4.78 is 42.0. The molecule has 0 bridgehead atoms. The minimum atomic E-state index is -4.70. The minimum Gasteiger partial charge on any atom is -0.507 e. The van der Waals surface area contributed by atoms with Crippen LogP contribution < -0.4 is 10.9 Å². The molecule has 2 rings (SSSR count). The van der Waals surface area contributed by atoms with Crippen LogP contribution in [0.3, 0.4) is 0 Å². The standard InChI is InChI=1S/C15H9B2Br2F3O2/c1-14(15(20,21)22,6-2-8(16)12(23)10(18)4-6)7-3-9(17)13(24)11(19)5-7/h2-5,23-24H,1H3. The maximum absolute atomic E-state index is 14.0. The molecular formula is C15H9B2Br2F3O2. The highest BCUT2D eigenvalue weighted by molar-refractivity contribution is 9.11. The molecule has 0 saturated carbocycles. The number of phenols is 2. The van der Waals surface area contributed by atoms with Gasteiger partial charge in [0.25, 0.3) is 0 Å². The molecule has 0 aliphatic rings. The lowest BCUT2D eigenvalue weighted by Crippen LogP contribution is -2.41. The Kier molecular flexibility index (Phi) is 5.08. The van der Waals surface area contributed by atoms with Crippen LogP contribution in [0, 0.1) is 0 Å². The van der Waals surface area contributed by atoms with E-state index in [1.807, 2.05) is 0 Å². The predicted molar refractivity (Wildman–Crippen MR) is 94.9 cm³/mol. The highest BCUT2D eigenvalue weighted by Crippen LogP contribution is 2.47. The Bertz CT molecular complexity index is 706. The van der Waals surface area contributed by atoms with E-state index in [-0.39, 0.29) is 42.5 Å². The summed E-state index contributed by atoms with van der Waals surface area (Å²) in [6.07, 6.45) is -4.70. The number of hydrogen-bond donors (Lipinski definition) is 2. The summed E-state index contributed by atoms with van der Waals surface area (Å²) in [6.45, 7) is 0.976. The quantitative estimate of drug-likeness (QED) is 0.678. The number of alkyl halides is 3. The summed E-state index contributed by atoms with van der Waals surface area (Å²) in [5, 5.41) is 19.4. The van der Waals surface area contributed by atoms with Gasteiger partial charge in [-0.1, -0.05) is 23.1 Å². The van der Waals surface area contributed by atoms with E-state index in [2.05, 4.69) is 31.9 Å². The third-order valence-electron chi connectivity index (χ3n) is 3.91. The first-order valence-corrected chi connectivity index (χ1v) is 8.11. The van der Waals surface area contributed by atoms with Crippen molar-refractivity contribution in [2.75, 3.05) is 0 Å². The van der Waals surface area contributed by atoms with Gasteiger partial charge in [0.2, 0.25) is 0 Å². The van der Waals surface area contributed by atoms with Crippen molar-refractivity contribution in [1.29, 1.82) is 0 Å². The Hall–Kier alpha value is -1.08. The fourth-order valence-electron chi connectivity index (χ4n) is 2.31. The van der Waals surface area contributed by atoms with Crippen LogP contribution in [0.5, 0.6) is 11.5 Å². The van der Waals surface area contributed by atoms with Crippen LogP contribution >= 0.6 is 31.9 Å². The average molecular weight is 460 g/mol. The fourth-order valence-corrected chi connectivity index (χ4v) is 3.26. The van der Waals surface area contributed by atoms with Gasteiger partial charge in [-0.15, -0.1) is 0 Å². The number of halogens is 5. The molecule has 0 amide bonds. The Labute approximate surface area is 156 Å². The van der Waals surface area contributed by atoms with Crippen LogP contribution in [0.2, 0.25) is 0 Å². The van der Waals surface area contributed by atoms with Crippen LogP contribution in [0.15, 0.2) is 33.2 Å². The van der Waals surface area contributed by atoms with Crippen molar-refractivity contribution < 1.29 is 23.4 Å². The number of hydrogen-bond acceptors (Lipinski definition) is 2. The number of benzene rings is 2. The van der Waals surface area contributed by atoms with Gasteiger partial charge in [0, 0.05) is 0 Å². The second-order valence-corrected chi connectivity index (χ2v) is 7.12. The summed E-state index contributed by atoms with van der Waals surface area (Å²) >= 11 is 6.00. The van der Waals surface area contributed by atoms with Crippen LogP contribution in [0.1, 0.15) is 18.1 Å². The molecule has 0 aliphatic carbocycles. The van der Waals surface area contributed by atoms with Gasteiger partial charge in [0.1, 0.15) is 32.6 Å². The maximum atomic E-state index is 14.0. The maximum Gasteiger partial charge on any atom is 0.402 e. The molecule has 0 unspecified atom stereocenters. The van der Waals surface area contributed by atoms with Gasteiger partial charge >= 0.3 is 6.18 Å². The Morgan fingerprint density at radius 2 is 1.17 bits per heavy atom. The van der Waals surface area contributed by atoms with Crippen molar-refractivity contribution in [3.05, 3.63) is 44.3 Å². The molecule has 24 heavy (non-hydrogen) atoms. The lowest BCUT2D eigenvalue weighted by Gasteiger charge is -2.34. The molecule has 122 valence electrons. The Morgan fingerprint density at radius 1 is 0.833 bits per heavy atom. The van der Waals surface area contributed by atoms with Gasteiger partial charge in [-0.2, -0.15) is 13.2 Å². The lowest BCUT2D eigenvalue weighted by molar-refractivity contribution is -0.173. The van der Waals surface area contributed by atoms with E-state index < -0.39 is 11.6 Å². The summed E-state index contributed by atoms with van der Waals surface area (Å²) in [5.41, 5.74) is -3.23. The highest BCUT2D eigenvalue weighted by Gasteiger charge is 2.54. The van der Waals surface area contributed by atoms with Crippen molar-refractivity contribution in [3.8, 4) is 11.5 Å². The van der Waals surface area contributed by atoms with Gasteiger partial charge in [-0.05, 0) is 62.0 Å². The molecule has 2 aromatic rings. The summed E-state index contributed by atoms with van der Waals surface area (Å²) in [5.74, 6) is -0.677. The minimum absolute atomic E-state index is 0.0405. The topological polar surface area (TPSA) is 40.5 Å². The zero-order chi connectivity index (χ0) is 18.4. The van der Waals surface area contributed by atoms with Gasteiger partial charge < -0.3 is 10.2 Å². The first-order valence-electron chi connectivity index (χ1n) is 6.53. The van der Waals surface area contributed by atoms with Gasteiger partial charge in [0.05, 0.1) is 8.95 Å². The largest absolute Gasteiger partial charge is 0.507 e. The van der Waals surface area contributed by atoms with E-state index in [4.69, 9.17) is 15.7 Å². The molecule has 9 heteroatoms. The van der Waals surface area contributed by atoms with Crippen molar-refractivity contribution in [2.45, 2.75) is 18.5 Å². The van der Waals surface area contributed by atoms with E-state index in [0.717, 1.165) is 31.2 Å². The van der Waals surface area contributed by atoms with E-state index in [0.29, 0.717) is 0 Å². The van der Waals surface area contributed by atoms with Crippen molar-refractivity contribution in [3.63, 3.8) is 0 Å². The molecule has 2 N–H and O–H groups in total. The molecule has 0 heterocycles. The zero-order valence-corrected chi connectivity index (χ0v) is 15.4. The Balaban J connectivity index is 2.83. The second-order valence-electron chi connectivity index (χ2n) is 5.41. The zero-order valence-electron chi connectivity index (χ0n) is 12.2. The first kappa shape index (κ1) is 19.2. The summed E-state index contributed by atoms with van der Waals surface area (Å²) in [7, 11) is 11.2. The monoisotopic (exact) mass is 458 g/mol. The van der Waals surface area contributed by atoms with E-state index >= 15 is 0 Å². The van der Waals surface area contributed by atoms with Gasteiger partial charge in [-0.25, -0.2) is 0 Å². The van der Waals surface area contributed by atoms with E-state index in [1.54, 1.807) is 0 Å². The van der Waals surface area contributed by atoms with Crippen LogP contribution in [-0.4, -0.2) is 32.1 Å². The van der Waals surface area contributed by atoms with Crippen molar-refractivity contribution in [2.24, 2.45) is 0 Å². The molecule has 4 radical (unpaired) electrons. The van der Waals surface area contributed by atoms with Crippen molar-refractivity contribution >= 4 is 58.5 Å². The molecule has 0 saturated heterocycles. The summed E-state index contributed by atoms with van der Waals surface area (Å²) in [6, 6.07) is 4.42. The normalized spacial score (nSPS) is 12.4. The molecule has 0 atom stereocenters. The molecule has 0 fully saturated rings. The first-order chi connectivity index (χ1) is 10.9. The summed E-state index contributed by atoms with van der Waals surface area (Å²) in [4.78, 5) is 0. The third kappa shape index (κ3) is 3.08. The molecule has 0 aromatic heterocycles. The van der Waals surface area contributed by atoms with Crippen LogP contribution in [-0.2, 0) is 5.41 Å². The second kappa shape index (κ2) is 6.33. The smallest absolute Gasteiger partial charge is 0.402 e. The Morgan fingerprint density at radius 3 is 1.42 bits per heavy atom. The predicted octanol–water partition coefficient (Wildman–Crippen LogP) is 3.08. The van der Waals surface area contributed by atoms with E-state index in [1.165, 1.54) is 0 Å². The fraction of sp³-hybridized carbons (Fsp3) is 0.200. The number of phenolic OH excluding ortho intramolecular Hbond substituents is 2. The molecule has 2 nitrogen and oxygen atoms in total. The molecule has 0 aliphatic heterocycles. The SMILES string of the molecule is [B]c1cc(C(C)(c2cc([B])c(O)c(Br)c2)C(F)(F)F)cc(Br)c1O. The number of aromatic hydroxyl groups is 2. The van der Waals surface area contributed by atoms with Gasteiger partial charge in [-0.3, -0.25) is 0 Å². The average Bonchev–Trinajstić information content (AvgIpc) is 2.47. The van der Waals surface area contributed by atoms with Crippen molar-refractivity contribution in [1.82, 2.24) is 0 Å². The van der Waals surface area contributed by atoms with Crippen LogP contribution in [0.4, 0.5) is 13.2 Å².